The van der Waals surface area contributed by atoms with Gasteiger partial charge >= 0.3 is 0 Å². The summed E-state index contributed by atoms with van der Waals surface area (Å²) in [6, 6.07) is 9.97. The second-order valence-electron chi connectivity index (χ2n) is 4.83. The molecule has 0 spiro atoms. The monoisotopic (exact) mass is 286 g/mol. The Morgan fingerprint density at radius 3 is 2.52 bits per heavy atom. The minimum absolute atomic E-state index is 0.0214. The second kappa shape index (κ2) is 7.09. The zero-order chi connectivity index (χ0) is 15.2. The molecule has 21 heavy (non-hydrogen) atoms. The van der Waals surface area contributed by atoms with Gasteiger partial charge in [-0.3, -0.25) is 4.98 Å². The number of methoxy groups -OCH3 is 2. The first-order valence-corrected chi connectivity index (χ1v) is 7.07. The van der Waals surface area contributed by atoms with Gasteiger partial charge < -0.3 is 14.8 Å². The van der Waals surface area contributed by atoms with Crippen molar-refractivity contribution >= 4 is 0 Å². The van der Waals surface area contributed by atoms with Gasteiger partial charge in [0.15, 0.2) is 0 Å². The minimum atomic E-state index is 0.0214. The number of nitrogens with one attached hydrogen (secondary N) is 1. The molecule has 0 aliphatic rings. The normalized spacial score (nSPS) is 12.0. The molecule has 2 rings (SSSR count). The fraction of sp³-hybridized carbons (Fsp3) is 0.353. The van der Waals surface area contributed by atoms with Crippen molar-refractivity contribution in [2.24, 2.45) is 0 Å². The highest BCUT2D eigenvalue weighted by Gasteiger charge is 2.18. The lowest BCUT2D eigenvalue weighted by atomic mass is 9.98. The average molecular weight is 286 g/mol. The maximum absolute atomic E-state index is 5.50. The summed E-state index contributed by atoms with van der Waals surface area (Å²) in [5.41, 5.74) is 3.16. The molecule has 1 aromatic carbocycles. The Morgan fingerprint density at radius 2 is 1.95 bits per heavy atom. The van der Waals surface area contributed by atoms with Crippen LogP contribution in [0.1, 0.15) is 29.8 Å². The van der Waals surface area contributed by atoms with E-state index in [1.807, 2.05) is 37.4 Å². The molecule has 1 atom stereocenters. The number of hydrogen-bond donors (Lipinski definition) is 1. The molecule has 1 heterocycles. The van der Waals surface area contributed by atoms with Crippen LogP contribution in [0.4, 0.5) is 0 Å². The Morgan fingerprint density at radius 1 is 1.14 bits per heavy atom. The van der Waals surface area contributed by atoms with Crippen molar-refractivity contribution in [3.05, 3.63) is 53.3 Å². The Balaban J connectivity index is 2.48. The van der Waals surface area contributed by atoms with Gasteiger partial charge in [0.1, 0.15) is 11.5 Å². The summed E-state index contributed by atoms with van der Waals surface area (Å²) in [4.78, 5) is 4.39. The molecule has 0 bridgehead atoms. The zero-order valence-electron chi connectivity index (χ0n) is 13.0. The third-order valence-electron chi connectivity index (χ3n) is 3.42. The van der Waals surface area contributed by atoms with Crippen LogP contribution in [-0.4, -0.2) is 25.7 Å². The molecule has 4 heteroatoms. The van der Waals surface area contributed by atoms with Gasteiger partial charge in [0.25, 0.3) is 0 Å². The fourth-order valence-electron chi connectivity index (χ4n) is 2.33. The SMILES string of the molecule is CCNC(c1ccc(C)nc1)c1cc(OC)ccc1OC. The molecule has 0 saturated carbocycles. The maximum Gasteiger partial charge on any atom is 0.124 e. The number of aryl methyl sites for hydroxylation is 1. The summed E-state index contributed by atoms with van der Waals surface area (Å²) >= 11 is 0. The van der Waals surface area contributed by atoms with E-state index in [4.69, 9.17) is 9.47 Å². The van der Waals surface area contributed by atoms with Crippen LogP contribution in [0, 0.1) is 6.92 Å². The molecule has 112 valence electrons. The van der Waals surface area contributed by atoms with E-state index in [-0.39, 0.29) is 6.04 Å². The molecule has 0 fully saturated rings. The first-order chi connectivity index (χ1) is 10.2. The van der Waals surface area contributed by atoms with E-state index >= 15 is 0 Å². The number of ether oxygens (including phenoxy) is 2. The summed E-state index contributed by atoms with van der Waals surface area (Å²) in [5, 5.41) is 3.49. The lowest BCUT2D eigenvalue weighted by Crippen LogP contribution is -2.22. The zero-order valence-corrected chi connectivity index (χ0v) is 13.0. The number of nitrogens with zero attached hydrogens (tertiary/aromatic N) is 1. The first kappa shape index (κ1) is 15.3. The van der Waals surface area contributed by atoms with Crippen LogP contribution in [0.3, 0.4) is 0 Å². The van der Waals surface area contributed by atoms with Crippen LogP contribution in [0.25, 0.3) is 0 Å². The van der Waals surface area contributed by atoms with Crippen LogP contribution in [0.5, 0.6) is 11.5 Å². The molecule has 0 aliphatic carbocycles. The topological polar surface area (TPSA) is 43.4 Å². The van der Waals surface area contributed by atoms with Crippen molar-refractivity contribution in [2.45, 2.75) is 19.9 Å². The van der Waals surface area contributed by atoms with Gasteiger partial charge in [-0.1, -0.05) is 13.0 Å². The van der Waals surface area contributed by atoms with Crippen LogP contribution in [0.2, 0.25) is 0 Å². The fourth-order valence-corrected chi connectivity index (χ4v) is 2.33. The molecule has 0 radical (unpaired) electrons. The molecule has 1 unspecified atom stereocenters. The van der Waals surface area contributed by atoms with Crippen molar-refractivity contribution in [3.63, 3.8) is 0 Å². The Labute approximate surface area is 126 Å². The molecular formula is C17H22N2O2. The predicted octanol–water partition coefficient (Wildman–Crippen LogP) is 3.11. The molecule has 4 nitrogen and oxygen atoms in total. The van der Waals surface area contributed by atoms with E-state index in [1.54, 1.807) is 14.2 Å². The number of rotatable bonds is 6. The highest BCUT2D eigenvalue weighted by molar-refractivity contribution is 5.45. The smallest absolute Gasteiger partial charge is 0.124 e. The third kappa shape index (κ3) is 3.52. The number of aromatic nitrogens is 1. The number of pyridine rings is 1. The third-order valence-corrected chi connectivity index (χ3v) is 3.42. The summed E-state index contributed by atoms with van der Waals surface area (Å²) < 4.78 is 10.8. The summed E-state index contributed by atoms with van der Waals surface area (Å²) in [5.74, 6) is 1.65. The standard InChI is InChI=1S/C17H22N2O2/c1-5-18-17(13-7-6-12(2)19-11-13)15-10-14(20-3)8-9-16(15)21-4/h6-11,17-18H,5H2,1-4H3. The van der Waals surface area contributed by atoms with Crippen LogP contribution in [-0.2, 0) is 0 Å². The molecule has 1 aromatic heterocycles. The van der Waals surface area contributed by atoms with E-state index in [2.05, 4.69) is 23.3 Å². The van der Waals surface area contributed by atoms with Crippen LogP contribution >= 0.6 is 0 Å². The first-order valence-electron chi connectivity index (χ1n) is 7.07. The lowest BCUT2D eigenvalue weighted by Gasteiger charge is -2.21. The van der Waals surface area contributed by atoms with E-state index in [0.717, 1.165) is 34.9 Å². The number of benzene rings is 1. The van der Waals surface area contributed by atoms with Gasteiger partial charge in [-0.25, -0.2) is 0 Å². The Hall–Kier alpha value is -2.07. The molecule has 0 aliphatic heterocycles. The molecule has 1 N–H and O–H groups in total. The van der Waals surface area contributed by atoms with Crippen molar-refractivity contribution < 1.29 is 9.47 Å². The molecule has 0 saturated heterocycles. The Kier molecular flexibility index (Phi) is 5.17. The van der Waals surface area contributed by atoms with E-state index in [9.17, 15) is 0 Å². The van der Waals surface area contributed by atoms with Crippen molar-refractivity contribution in [1.82, 2.24) is 10.3 Å². The lowest BCUT2D eigenvalue weighted by molar-refractivity contribution is 0.394. The van der Waals surface area contributed by atoms with Crippen molar-refractivity contribution in [3.8, 4) is 11.5 Å². The predicted molar refractivity (Wildman–Crippen MR) is 84.0 cm³/mol. The highest BCUT2D eigenvalue weighted by atomic mass is 16.5. The Bertz CT molecular complexity index is 582. The van der Waals surface area contributed by atoms with Gasteiger partial charge in [0.05, 0.1) is 20.3 Å². The largest absolute Gasteiger partial charge is 0.497 e. The van der Waals surface area contributed by atoms with E-state index in [0.29, 0.717) is 0 Å². The number of hydrogen-bond acceptors (Lipinski definition) is 4. The highest BCUT2D eigenvalue weighted by Crippen LogP contribution is 2.32. The molecule has 2 aromatic rings. The van der Waals surface area contributed by atoms with Gasteiger partial charge in [-0.15, -0.1) is 0 Å². The quantitative estimate of drug-likeness (QED) is 0.886. The van der Waals surface area contributed by atoms with E-state index < -0.39 is 0 Å². The second-order valence-corrected chi connectivity index (χ2v) is 4.83. The summed E-state index contributed by atoms with van der Waals surface area (Å²) in [6.07, 6.45) is 1.90. The van der Waals surface area contributed by atoms with Gasteiger partial charge in [-0.05, 0) is 43.3 Å². The van der Waals surface area contributed by atoms with Crippen LogP contribution in [0.15, 0.2) is 36.5 Å². The maximum atomic E-state index is 5.50. The van der Waals surface area contributed by atoms with Gasteiger partial charge in [-0.2, -0.15) is 0 Å². The van der Waals surface area contributed by atoms with E-state index in [1.165, 1.54) is 0 Å². The van der Waals surface area contributed by atoms with Gasteiger partial charge in [0, 0.05) is 17.5 Å². The molecule has 0 amide bonds. The average Bonchev–Trinajstić information content (AvgIpc) is 2.53. The summed E-state index contributed by atoms with van der Waals surface area (Å²) in [6.45, 7) is 4.92. The molecular weight excluding hydrogens is 264 g/mol. The minimum Gasteiger partial charge on any atom is -0.497 e. The summed E-state index contributed by atoms with van der Waals surface area (Å²) in [7, 11) is 3.35. The van der Waals surface area contributed by atoms with Crippen molar-refractivity contribution in [1.29, 1.82) is 0 Å². The van der Waals surface area contributed by atoms with Gasteiger partial charge in [0.2, 0.25) is 0 Å². The van der Waals surface area contributed by atoms with Crippen LogP contribution < -0.4 is 14.8 Å². The van der Waals surface area contributed by atoms with Crippen molar-refractivity contribution in [2.75, 3.05) is 20.8 Å².